The van der Waals surface area contributed by atoms with Gasteiger partial charge in [0.25, 0.3) is 0 Å². The van der Waals surface area contributed by atoms with Gasteiger partial charge in [-0.1, -0.05) is 39.5 Å². The van der Waals surface area contributed by atoms with E-state index in [1.807, 2.05) is 0 Å². The number of aliphatic carboxylic acids is 1. The average molecular weight is 281 g/mol. The van der Waals surface area contributed by atoms with Crippen LogP contribution in [0.5, 0.6) is 0 Å². The lowest BCUT2D eigenvalue weighted by Gasteiger charge is -2.29. The third-order valence-electron chi connectivity index (χ3n) is 5.72. The molecule has 0 spiro atoms. The second-order valence-electron chi connectivity index (χ2n) is 6.99. The first-order chi connectivity index (χ1) is 9.61. The van der Waals surface area contributed by atoms with Crippen LogP contribution < -0.4 is 0 Å². The summed E-state index contributed by atoms with van der Waals surface area (Å²) >= 11 is 0. The molecule has 3 heteroatoms. The van der Waals surface area contributed by atoms with E-state index >= 15 is 0 Å². The van der Waals surface area contributed by atoms with Crippen LogP contribution in [0.1, 0.15) is 71.6 Å². The van der Waals surface area contributed by atoms with Gasteiger partial charge < -0.3 is 5.11 Å². The maximum absolute atomic E-state index is 11.7. The number of hydrogen-bond donors (Lipinski definition) is 1. The summed E-state index contributed by atoms with van der Waals surface area (Å²) in [4.78, 5) is 14.2. The summed E-state index contributed by atoms with van der Waals surface area (Å²) in [6.45, 7) is 6.19. The van der Waals surface area contributed by atoms with E-state index < -0.39 is 11.4 Å². The molecule has 0 aromatic rings. The SMILES string of the molecule is CCCC1(C(=O)O)CCN(C2CCCC(CC)CC2)C1. The molecule has 3 atom stereocenters. The minimum atomic E-state index is -0.568. The molecular weight excluding hydrogens is 250 g/mol. The molecule has 0 bridgehead atoms. The molecule has 3 nitrogen and oxygen atoms in total. The molecule has 20 heavy (non-hydrogen) atoms. The lowest BCUT2D eigenvalue weighted by Crippen LogP contribution is -2.38. The fourth-order valence-corrected chi connectivity index (χ4v) is 4.31. The molecule has 2 fully saturated rings. The largest absolute Gasteiger partial charge is 0.481 e. The van der Waals surface area contributed by atoms with Gasteiger partial charge >= 0.3 is 5.97 Å². The van der Waals surface area contributed by atoms with Crippen molar-refractivity contribution in [1.82, 2.24) is 4.90 Å². The molecule has 2 aliphatic rings. The van der Waals surface area contributed by atoms with Crippen LogP contribution >= 0.6 is 0 Å². The lowest BCUT2D eigenvalue weighted by atomic mass is 9.82. The van der Waals surface area contributed by atoms with Gasteiger partial charge in [-0.05, 0) is 44.6 Å². The van der Waals surface area contributed by atoms with Crippen LogP contribution in [-0.4, -0.2) is 35.1 Å². The molecule has 0 amide bonds. The van der Waals surface area contributed by atoms with E-state index in [4.69, 9.17) is 0 Å². The van der Waals surface area contributed by atoms with Crippen LogP contribution in [0.15, 0.2) is 0 Å². The van der Waals surface area contributed by atoms with Crippen molar-refractivity contribution in [1.29, 1.82) is 0 Å². The Bertz CT molecular complexity index is 331. The number of carboxylic acid groups (broad SMARTS) is 1. The molecule has 1 aliphatic heterocycles. The summed E-state index contributed by atoms with van der Waals surface area (Å²) in [5, 5.41) is 9.62. The Morgan fingerprint density at radius 2 is 2.05 bits per heavy atom. The van der Waals surface area contributed by atoms with Gasteiger partial charge in [-0.3, -0.25) is 9.69 Å². The Morgan fingerprint density at radius 1 is 1.25 bits per heavy atom. The standard InChI is InChI=1S/C17H31NO2/c1-3-10-17(16(19)20)11-12-18(13-17)15-7-5-6-14(4-2)8-9-15/h14-15H,3-13H2,1-2H3,(H,19,20). The Morgan fingerprint density at radius 3 is 2.70 bits per heavy atom. The summed E-state index contributed by atoms with van der Waals surface area (Å²) < 4.78 is 0. The lowest BCUT2D eigenvalue weighted by molar-refractivity contribution is -0.148. The van der Waals surface area contributed by atoms with Crippen LogP contribution in [0.4, 0.5) is 0 Å². The van der Waals surface area contributed by atoms with Crippen LogP contribution in [0.2, 0.25) is 0 Å². The first-order valence-corrected chi connectivity index (χ1v) is 8.58. The Hall–Kier alpha value is -0.570. The van der Waals surface area contributed by atoms with Crippen molar-refractivity contribution in [3.8, 4) is 0 Å². The maximum Gasteiger partial charge on any atom is 0.310 e. The van der Waals surface area contributed by atoms with Gasteiger partial charge in [0, 0.05) is 12.6 Å². The minimum absolute atomic E-state index is 0.453. The van der Waals surface area contributed by atoms with Crippen LogP contribution in [0.3, 0.4) is 0 Å². The van der Waals surface area contributed by atoms with Crippen molar-refractivity contribution < 1.29 is 9.90 Å². The molecule has 1 aliphatic carbocycles. The second kappa shape index (κ2) is 6.93. The molecule has 116 valence electrons. The second-order valence-corrected chi connectivity index (χ2v) is 6.99. The highest BCUT2D eigenvalue weighted by atomic mass is 16.4. The molecule has 0 aromatic heterocycles. The van der Waals surface area contributed by atoms with Gasteiger partial charge in [0.2, 0.25) is 0 Å². The highest BCUT2D eigenvalue weighted by Crippen LogP contribution is 2.39. The zero-order valence-electron chi connectivity index (χ0n) is 13.2. The maximum atomic E-state index is 11.7. The average Bonchev–Trinajstić information content (AvgIpc) is 2.72. The Kier molecular flexibility index (Phi) is 5.48. The molecule has 3 unspecified atom stereocenters. The highest BCUT2D eigenvalue weighted by molar-refractivity contribution is 5.75. The molecule has 1 saturated carbocycles. The van der Waals surface area contributed by atoms with Crippen LogP contribution in [-0.2, 0) is 4.79 Å². The molecule has 0 aromatic carbocycles. The van der Waals surface area contributed by atoms with Gasteiger partial charge in [0.1, 0.15) is 0 Å². The number of hydrogen-bond acceptors (Lipinski definition) is 2. The van der Waals surface area contributed by atoms with E-state index in [1.54, 1.807) is 0 Å². The number of nitrogens with zero attached hydrogens (tertiary/aromatic N) is 1. The van der Waals surface area contributed by atoms with Crippen molar-refractivity contribution >= 4 is 5.97 Å². The van der Waals surface area contributed by atoms with E-state index in [9.17, 15) is 9.90 Å². The third kappa shape index (κ3) is 3.36. The van der Waals surface area contributed by atoms with E-state index in [-0.39, 0.29) is 0 Å². The normalized spacial score (nSPS) is 35.9. The molecule has 1 N–H and O–H groups in total. The van der Waals surface area contributed by atoms with E-state index in [0.717, 1.165) is 38.3 Å². The summed E-state index contributed by atoms with van der Waals surface area (Å²) in [6.07, 6.45) is 10.6. The van der Waals surface area contributed by atoms with Gasteiger partial charge in [0.05, 0.1) is 5.41 Å². The predicted octanol–water partition coefficient (Wildman–Crippen LogP) is 3.92. The number of likely N-dealkylation sites (tertiary alicyclic amines) is 1. The summed E-state index contributed by atoms with van der Waals surface area (Å²) in [6, 6.07) is 0.643. The molecule has 1 heterocycles. The van der Waals surface area contributed by atoms with Gasteiger partial charge in [-0.2, -0.15) is 0 Å². The van der Waals surface area contributed by atoms with E-state index in [0.29, 0.717) is 6.04 Å². The summed E-state index contributed by atoms with van der Waals surface area (Å²) in [5.41, 5.74) is -0.453. The molecule has 0 radical (unpaired) electrons. The zero-order chi connectivity index (χ0) is 14.6. The van der Waals surface area contributed by atoms with Crippen molar-refractivity contribution in [2.75, 3.05) is 13.1 Å². The molecule has 1 saturated heterocycles. The van der Waals surface area contributed by atoms with E-state index in [2.05, 4.69) is 18.7 Å². The van der Waals surface area contributed by atoms with Crippen LogP contribution in [0.25, 0.3) is 0 Å². The predicted molar refractivity (Wildman–Crippen MR) is 81.8 cm³/mol. The third-order valence-corrected chi connectivity index (χ3v) is 5.72. The number of carboxylic acids is 1. The van der Waals surface area contributed by atoms with Crippen LogP contribution in [0, 0.1) is 11.3 Å². The Balaban J connectivity index is 1.96. The highest BCUT2D eigenvalue weighted by Gasteiger charge is 2.45. The fourth-order valence-electron chi connectivity index (χ4n) is 4.31. The quantitative estimate of drug-likeness (QED) is 0.776. The van der Waals surface area contributed by atoms with Crippen molar-refractivity contribution in [3.05, 3.63) is 0 Å². The zero-order valence-corrected chi connectivity index (χ0v) is 13.2. The Labute approximate surface area is 123 Å². The minimum Gasteiger partial charge on any atom is -0.481 e. The topological polar surface area (TPSA) is 40.5 Å². The summed E-state index contributed by atoms with van der Waals surface area (Å²) in [5.74, 6) is 0.337. The summed E-state index contributed by atoms with van der Waals surface area (Å²) in [7, 11) is 0. The van der Waals surface area contributed by atoms with E-state index in [1.165, 1.54) is 38.5 Å². The number of carbonyl (C=O) groups is 1. The van der Waals surface area contributed by atoms with Crippen molar-refractivity contribution in [2.45, 2.75) is 77.7 Å². The first kappa shape index (κ1) is 15.8. The van der Waals surface area contributed by atoms with Crippen molar-refractivity contribution in [3.63, 3.8) is 0 Å². The number of rotatable bonds is 5. The van der Waals surface area contributed by atoms with Gasteiger partial charge in [-0.15, -0.1) is 0 Å². The van der Waals surface area contributed by atoms with Gasteiger partial charge in [-0.25, -0.2) is 0 Å². The molecular formula is C17H31NO2. The monoisotopic (exact) mass is 281 g/mol. The first-order valence-electron chi connectivity index (χ1n) is 8.58. The fraction of sp³-hybridized carbons (Fsp3) is 0.941. The van der Waals surface area contributed by atoms with Gasteiger partial charge in [0.15, 0.2) is 0 Å². The smallest absolute Gasteiger partial charge is 0.310 e. The van der Waals surface area contributed by atoms with Crippen molar-refractivity contribution in [2.24, 2.45) is 11.3 Å². The molecule has 2 rings (SSSR count).